The Labute approximate surface area is 226 Å². The first-order valence-corrected chi connectivity index (χ1v) is 13.7. The molecule has 7 heteroatoms. The van der Waals surface area contributed by atoms with Gasteiger partial charge in [-0.1, -0.05) is 79.1 Å². The summed E-state index contributed by atoms with van der Waals surface area (Å²) in [5.41, 5.74) is 4.08. The molecular formula is C31H30N2O4S. The molecule has 0 bridgehead atoms. The molecule has 194 valence electrons. The Kier molecular flexibility index (Phi) is 7.29. The van der Waals surface area contributed by atoms with Gasteiger partial charge in [-0.2, -0.15) is 0 Å². The number of hydrogen-bond acceptors (Lipinski definition) is 6. The third-order valence-electron chi connectivity index (χ3n) is 6.72. The third kappa shape index (κ3) is 4.94. The SMILES string of the molecule is CCCCCOc1ccc(C2/C(=C(/O)c3ccc(C)cc3)C(=O)C(=O)N2c2nc3ccc(C)cc3s2)cc1. The predicted octanol–water partition coefficient (Wildman–Crippen LogP) is 7.11. The van der Waals surface area contributed by atoms with Crippen molar-refractivity contribution in [3.05, 3.63) is 94.6 Å². The maximum Gasteiger partial charge on any atom is 0.301 e. The molecule has 5 rings (SSSR count). The number of thiazole rings is 1. The molecule has 0 radical (unpaired) electrons. The number of benzene rings is 3. The molecule has 0 saturated carbocycles. The quantitative estimate of drug-likeness (QED) is 0.115. The van der Waals surface area contributed by atoms with Gasteiger partial charge in [-0.05, 0) is 55.7 Å². The Morgan fingerprint density at radius 1 is 0.974 bits per heavy atom. The molecule has 1 saturated heterocycles. The normalized spacial score (nSPS) is 16.9. The zero-order valence-electron chi connectivity index (χ0n) is 21.7. The van der Waals surface area contributed by atoms with Crippen LogP contribution in [0, 0.1) is 13.8 Å². The second-order valence-corrected chi connectivity index (χ2v) is 10.6. The van der Waals surface area contributed by atoms with Crippen molar-refractivity contribution >= 4 is 44.1 Å². The fraction of sp³-hybridized carbons (Fsp3) is 0.258. The number of nitrogens with zero attached hydrogens (tertiary/aromatic N) is 2. The minimum absolute atomic E-state index is 0.0471. The van der Waals surface area contributed by atoms with Gasteiger partial charge in [0.05, 0.1) is 28.4 Å². The minimum atomic E-state index is -0.827. The van der Waals surface area contributed by atoms with Crippen LogP contribution in [0.3, 0.4) is 0 Å². The average molecular weight is 527 g/mol. The number of carbonyl (C=O) groups excluding carboxylic acids is 2. The number of unbranched alkanes of at least 4 members (excludes halogenated alkanes) is 2. The third-order valence-corrected chi connectivity index (χ3v) is 7.74. The fourth-order valence-corrected chi connectivity index (χ4v) is 5.71. The molecule has 2 heterocycles. The molecule has 3 aromatic carbocycles. The number of amides is 1. The summed E-state index contributed by atoms with van der Waals surface area (Å²) in [7, 11) is 0. The number of fused-ring (bicyclic) bond motifs is 1. The number of ketones is 1. The fourth-order valence-electron chi connectivity index (χ4n) is 4.62. The summed E-state index contributed by atoms with van der Waals surface area (Å²) in [6, 6.07) is 19.7. The summed E-state index contributed by atoms with van der Waals surface area (Å²) in [5.74, 6) is -0.925. The summed E-state index contributed by atoms with van der Waals surface area (Å²) in [6.07, 6.45) is 3.20. The molecule has 1 atom stereocenters. The number of rotatable bonds is 8. The lowest BCUT2D eigenvalue weighted by Crippen LogP contribution is -2.29. The number of aliphatic hydroxyl groups excluding tert-OH is 1. The van der Waals surface area contributed by atoms with Crippen molar-refractivity contribution in [2.24, 2.45) is 0 Å². The number of aryl methyl sites for hydroxylation is 2. The van der Waals surface area contributed by atoms with Crippen LogP contribution in [-0.2, 0) is 9.59 Å². The van der Waals surface area contributed by atoms with Gasteiger partial charge in [0.1, 0.15) is 11.5 Å². The Bertz CT molecular complexity index is 1520. The second kappa shape index (κ2) is 10.8. The van der Waals surface area contributed by atoms with Gasteiger partial charge >= 0.3 is 5.91 Å². The number of anilines is 1. The molecule has 4 aromatic rings. The van der Waals surface area contributed by atoms with Crippen molar-refractivity contribution < 1.29 is 19.4 Å². The second-order valence-electron chi connectivity index (χ2n) is 9.63. The summed E-state index contributed by atoms with van der Waals surface area (Å²) < 4.78 is 6.79. The van der Waals surface area contributed by atoms with Crippen molar-refractivity contribution in [1.29, 1.82) is 0 Å². The number of hydrogen-bond donors (Lipinski definition) is 1. The zero-order chi connectivity index (χ0) is 26.8. The first kappa shape index (κ1) is 25.7. The molecule has 38 heavy (non-hydrogen) atoms. The molecular weight excluding hydrogens is 496 g/mol. The molecule has 1 aromatic heterocycles. The van der Waals surface area contributed by atoms with E-state index in [1.165, 1.54) is 16.2 Å². The van der Waals surface area contributed by atoms with Crippen molar-refractivity contribution in [2.75, 3.05) is 11.5 Å². The number of aromatic nitrogens is 1. The lowest BCUT2D eigenvalue weighted by Gasteiger charge is -2.23. The van der Waals surface area contributed by atoms with Crippen LogP contribution in [0.25, 0.3) is 16.0 Å². The van der Waals surface area contributed by atoms with Crippen LogP contribution in [0.4, 0.5) is 5.13 Å². The van der Waals surface area contributed by atoms with Gasteiger partial charge in [-0.15, -0.1) is 0 Å². The van der Waals surface area contributed by atoms with Crippen LogP contribution >= 0.6 is 11.3 Å². The Balaban J connectivity index is 1.60. The maximum atomic E-state index is 13.5. The monoisotopic (exact) mass is 526 g/mol. The van der Waals surface area contributed by atoms with Crippen LogP contribution in [0.2, 0.25) is 0 Å². The van der Waals surface area contributed by atoms with Crippen molar-refractivity contribution in [1.82, 2.24) is 4.98 Å². The standard InChI is InChI=1S/C31H30N2O4S/c1-4-5-6-17-37-23-14-12-21(13-15-23)27-26(28(34)22-10-7-19(2)8-11-22)29(35)30(36)33(27)31-32-24-16-9-20(3)18-25(24)38-31/h7-16,18,27,34H,4-6,17H2,1-3H3/b28-26-. The molecule has 1 amide bonds. The van der Waals surface area contributed by atoms with E-state index in [4.69, 9.17) is 9.72 Å². The highest BCUT2D eigenvalue weighted by Gasteiger charge is 2.48. The van der Waals surface area contributed by atoms with E-state index in [-0.39, 0.29) is 11.3 Å². The van der Waals surface area contributed by atoms with Gasteiger partial charge in [0.2, 0.25) is 0 Å². The van der Waals surface area contributed by atoms with E-state index in [1.807, 2.05) is 68.4 Å². The van der Waals surface area contributed by atoms with Crippen LogP contribution in [0.15, 0.2) is 72.3 Å². The van der Waals surface area contributed by atoms with E-state index in [2.05, 4.69) is 6.92 Å². The van der Waals surface area contributed by atoms with Crippen molar-refractivity contribution in [2.45, 2.75) is 46.1 Å². The molecule has 1 aliphatic heterocycles. The van der Waals surface area contributed by atoms with Gasteiger partial charge in [0.25, 0.3) is 5.78 Å². The van der Waals surface area contributed by atoms with Crippen LogP contribution in [0.5, 0.6) is 5.75 Å². The Morgan fingerprint density at radius 2 is 1.68 bits per heavy atom. The minimum Gasteiger partial charge on any atom is -0.507 e. The van der Waals surface area contributed by atoms with Crippen LogP contribution < -0.4 is 9.64 Å². The maximum absolute atomic E-state index is 13.5. The molecule has 1 N–H and O–H groups in total. The highest BCUT2D eigenvalue weighted by Crippen LogP contribution is 2.44. The van der Waals surface area contributed by atoms with E-state index in [0.717, 1.165) is 46.4 Å². The van der Waals surface area contributed by atoms with E-state index in [0.29, 0.717) is 22.9 Å². The first-order valence-electron chi connectivity index (χ1n) is 12.9. The molecule has 6 nitrogen and oxygen atoms in total. The van der Waals surface area contributed by atoms with Gasteiger partial charge in [0.15, 0.2) is 5.13 Å². The molecule has 0 aliphatic carbocycles. The van der Waals surface area contributed by atoms with Gasteiger partial charge in [-0.3, -0.25) is 14.5 Å². The van der Waals surface area contributed by atoms with Gasteiger partial charge in [-0.25, -0.2) is 4.98 Å². The van der Waals surface area contributed by atoms with Crippen molar-refractivity contribution in [3.8, 4) is 5.75 Å². The number of aliphatic hydroxyl groups is 1. The summed E-state index contributed by atoms with van der Waals surface area (Å²) in [5, 5.41) is 11.7. The topological polar surface area (TPSA) is 79.7 Å². The smallest absolute Gasteiger partial charge is 0.301 e. The molecule has 1 fully saturated rings. The molecule has 1 aliphatic rings. The zero-order valence-corrected chi connectivity index (χ0v) is 22.5. The van der Waals surface area contributed by atoms with Gasteiger partial charge < -0.3 is 9.84 Å². The first-order chi connectivity index (χ1) is 18.4. The largest absolute Gasteiger partial charge is 0.507 e. The summed E-state index contributed by atoms with van der Waals surface area (Å²) in [6.45, 7) is 6.72. The predicted molar refractivity (Wildman–Crippen MR) is 152 cm³/mol. The lowest BCUT2D eigenvalue weighted by atomic mass is 9.95. The van der Waals surface area contributed by atoms with Gasteiger partial charge in [0, 0.05) is 5.56 Å². The summed E-state index contributed by atoms with van der Waals surface area (Å²) >= 11 is 1.36. The van der Waals surface area contributed by atoms with E-state index in [1.54, 1.807) is 12.1 Å². The Morgan fingerprint density at radius 3 is 2.39 bits per heavy atom. The Hall–Kier alpha value is -3.97. The highest BCUT2D eigenvalue weighted by atomic mass is 32.1. The highest BCUT2D eigenvalue weighted by molar-refractivity contribution is 7.22. The molecule has 1 unspecified atom stereocenters. The molecule has 0 spiro atoms. The van der Waals surface area contributed by atoms with Crippen LogP contribution in [-0.4, -0.2) is 28.4 Å². The van der Waals surface area contributed by atoms with E-state index < -0.39 is 17.7 Å². The summed E-state index contributed by atoms with van der Waals surface area (Å²) in [4.78, 5) is 33.0. The van der Waals surface area contributed by atoms with E-state index >= 15 is 0 Å². The number of Topliss-reactive ketones (excluding diaryl/α,β-unsaturated/α-hetero) is 1. The van der Waals surface area contributed by atoms with E-state index in [9.17, 15) is 14.7 Å². The average Bonchev–Trinajstić information content (AvgIpc) is 3.44. The van der Waals surface area contributed by atoms with Crippen molar-refractivity contribution in [3.63, 3.8) is 0 Å². The lowest BCUT2D eigenvalue weighted by molar-refractivity contribution is -0.132. The van der Waals surface area contributed by atoms with Crippen LogP contribution in [0.1, 0.15) is 54.5 Å². The number of ether oxygens (including phenoxy) is 1. The number of carbonyl (C=O) groups is 2.